The van der Waals surface area contributed by atoms with Gasteiger partial charge in [0.05, 0.1) is 0 Å². The molecule has 1 atom stereocenters. The van der Waals surface area contributed by atoms with Gasteiger partial charge >= 0.3 is 0 Å². The van der Waals surface area contributed by atoms with Crippen LogP contribution in [0.4, 0.5) is 8.78 Å². The highest BCUT2D eigenvalue weighted by Gasteiger charge is 2.26. The lowest BCUT2D eigenvalue weighted by Gasteiger charge is -2.12. The molecule has 1 aromatic rings. The Kier molecular flexibility index (Phi) is 5.08. The highest BCUT2D eigenvalue weighted by molar-refractivity contribution is 5.90. The third kappa shape index (κ3) is 4.70. The molecule has 1 heterocycles. The van der Waals surface area contributed by atoms with E-state index in [1.165, 1.54) is 0 Å². The lowest BCUT2D eigenvalue weighted by molar-refractivity contribution is -0.125. The Morgan fingerprint density at radius 2 is 2.29 bits per heavy atom. The van der Waals surface area contributed by atoms with Crippen LogP contribution in [0.2, 0.25) is 0 Å². The smallest absolute Gasteiger partial charge is 0.272 e. The summed E-state index contributed by atoms with van der Waals surface area (Å²) in [6.07, 6.45) is -1.68. The third-order valence-corrected chi connectivity index (χ3v) is 3.05. The maximum atomic E-state index is 12.1. The normalized spacial score (nSPS) is 17.7. The molecule has 0 bridgehead atoms. The Bertz CT molecular complexity index is 523. The minimum atomic E-state index is -2.53. The Labute approximate surface area is 120 Å². The average Bonchev–Trinajstić information content (AvgIpc) is 2.90. The van der Waals surface area contributed by atoms with E-state index >= 15 is 0 Å². The van der Waals surface area contributed by atoms with Crippen molar-refractivity contribution in [3.05, 3.63) is 29.8 Å². The predicted molar refractivity (Wildman–Crippen MR) is 71.0 cm³/mol. The van der Waals surface area contributed by atoms with Crippen molar-refractivity contribution in [1.82, 2.24) is 10.6 Å². The molecule has 0 saturated carbocycles. The molecule has 0 aliphatic carbocycles. The number of rotatable bonds is 6. The van der Waals surface area contributed by atoms with E-state index in [1.54, 1.807) is 24.3 Å². The third-order valence-electron chi connectivity index (χ3n) is 3.05. The molecular weight excluding hydrogens is 282 g/mol. The van der Waals surface area contributed by atoms with Crippen molar-refractivity contribution in [1.29, 1.82) is 0 Å². The van der Waals surface area contributed by atoms with Crippen molar-refractivity contribution in [3.8, 4) is 5.75 Å². The molecule has 2 rings (SSSR count). The Morgan fingerprint density at radius 3 is 2.95 bits per heavy atom. The summed E-state index contributed by atoms with van der Waals surface area (Å²) in [4.78, 5) is 22.8. The molecule has 1 fully saturated rings. The zero-order chi connectivity index (χ0) is 15.2. The zero-order valence-electron chi connectivity index (χ0n) is 11.3. The van der Waals surface area contributed by atoms with E-state index in [0.29, 0.717) is 18.6 Å². The highest BCUT2D eigenvalue weighted by Crippen LogP contribution is 2.14. The van der Waals surface area contributed by atoms with Crippen LogP contribution in [0.1, 0.15) is 18.4 Å². The van der Waals surface area contributed by atoms with Crippen molar-refractivity contribution in [2.45, 2.75) is 31.9 Å². The van der Waals surface area contributed by atoms with Gasteiger partial charge in [-0.15, -0.1) is 0 Å². The Hall–Kier alpha value is -2.18. The number of hydrogen-bond acceptors (Lipinski definition) is 3. The van der Waals surface area contributed by atoms with Crippen LogP contribution in [-0.2, 0) is 16.1 Å². The predicted octanol–water partition coefficient (Wildman–Crippen LogP) is 1.23. The van der Waals surface area contributed by atoms with Crippen molar-refractivity contribution in [3.63, 3.8) is 0 Å². The molecule has 2 N–H and O–H groups in total. The van der Waals surface area contributed by atoms with Gasteiger partial charge in [0.15, 0.2) is 0 Å². The standard InChI is InChI=1S/C14H16F2N2O3/c15-12(16)8-21-10-3-1-2-9(6-10)7-17-14(20)11-4-5-13(19)18-11/h1-3,6,11-12H,4-5,7-8H2,(H,17,20)(H,18,19)/t11-/m1/s1. The SMILES string of the molecule is O=C1CC[C@H](C(=O)NCc2cccc(OCC(F)F)c2)N1. The van der Waals surface area contributed by atoms with Crippen LogP contribution in [0, 0.1) is 0 Å². The van der Waals surface area contributed by atoms with Crippen LogP contribution >= 0.6 is 0 Å². The minimum Gasteiger partial charge on any atom is -0.488 e. The fraction of sp³-hybridized carbons (Fsp3) is 0.429. The van der Waals surface area contributed by atoms with Gasteiger partial charge in [-0.3, -0.25) is 9.59 Å². The van der Waals surface area contributed by atoms with Gasteiger partial charge in [-0.05, 0) is 24.1 Å². The average molecular weight is 298 g/mol. The largest absolute Gasteiger partial charge is 0.488 e. The summed E-state index contributed by atoms with van der Waals surface area (Å²) in [5, 5.41) is 5.27. The topological polar surface area (TPSA) is 67.4 Å². The van der Waals surface area contributed by atoms with Crippen LogP contribution in [0.15, 0.2) is 24.3 Å². The number of carbonyl (C=O) groups excluding carboxylic acids is 2. The number of carbonyl (C=O) groups is 2. The van der Waals surface area contributed by atoms with E-state index in [1.807, 2.05) is 0 Å². The summed E-state index contributed by atoms with van der Waals surface area (Å²) in [7, 11) is 0. The van der Waals surface area contributed by atoms with Gasteiger partial charge in [0.25, 0.3) is 6.43 Å². The first-order valence-corrected chi connectivity index (χ1v) is 6.61. The minimum absolute atomic E-state index is 0.127. The van der Waals surface area contributed by atoms with Crippen LogP contribution in [0.3, 0.4) is 0 Å². The molecule has 0 spiro atoms. The molecule has 0 unspecified atom stereocenters. The lowest BCUT2D eigenvalue weighted by Crippen LogP contribution is -2.41. The van der Waals surface area contributed by atoms with E-state index in [-0.39, 0.29) is 18.4 Å². The maximum Gasteiger partial charge on any atom is 0.272 e. The van der Waals surface area contributed by atoms with E-state index < -0.39 is 19.1 Å². The molecule has 1 saturated heterocycles. The van der Waals surface area contributed by atoms with Crippen LogP contribution in [-0.4, -0.2) is 30.9 Å². The molecule has 114 valence electrons. The maximum absolute atomic E-state index is 12.1. The van der Waals surface area contributed by atoms with E-state index in [4.69, 9.17) is 4.74 Å². The number of ether oxygens (including phenoxy) is 1. The van der Waals surface area contributed by atoms with Crippen LogP contribution in [0.5, 0.6) is 5.75 Å². The highest BCUT2D eigenvalue weighted by atomic mass is 19.3. The quantitative estimate of drug-likeness (QED) is 0.830. The van der Waals surface area contributed by atoms with Gasteiger partial charge in [0.2, 0.25) is 11.8 Å². The van der Waals surface area contributed by atoms with Crippen molar-refractivity contribution < 1.29 is 23.1 Å². The first kappa shape index (κ1) is 15.2. The first-order valence-electron chi connectivity index (χ1n) is 6.61. The summed E-state index contributed by atoms with van der Waals surface area (Å²) in [6.45, 7) is -0.416. The fourth-order valence-electron chi connectivity index (χ4n) is 2.03. The molecule has 2 amide bonds. The van der Waals surface area contributed by atoms with E-state index in [2.05, 4.69) is 10.6 Å². The number of alkyl halides is 2. The zero-order valence-corrected chi connectivity index (χ0v) is 11.3. The Morgan fingerprint density at radius 1 is 1.48 bits per heavy atom. The molecule has 21 heavy (non-hydrogen) atoms. The first-order chi connectivity index (χ1) is 10.0. The molecule has 1 aliphatic heterocycles. The van der Waals surface area contributed by atoms with Crippen molar-refractivity contribution >= 4 is 11.8 Å². The fourth-order valence-corrected chi connectivity index (χ4v) is 2.03. The van der Waals surface area contributed by atoms with Gasteiger partial charge in [0.1, 0.15) is 18.4 Å². The van der Waals surface area contributed by atoms with E-state index in [9.17, 15) is 18.4 Å². The second-order valence-corrected chi connectivity index (χ2v) is 4.73. The number of hydrogen-bond donors (Lipinski definition) is 2. The molecule has 7 heteroatoms. The summed E-state index contributed by atoms with van der Waals surface area (Å²) in [6, 6.07) is 6.10. The number of amides is 2. The number of benzene rings is 1. The van der Waals surface area contributed by atoms with Crippen molar-refractivity contribution in [2.75, 3.05) is 6.61 Å². The molecular formula is C14H16F2N2O3. The van der Waals surface area contributed by atoms with Gasteiger partial charge in [-0.25, -0.2) is 8.78 Å². The molecule has 5 nitrogen and oxygen atoms in total. The molecule has 0 radical (unpaired) electrons. The summed E-state index contributed by atoms with van der Waals surface area (Å²) >= 11 is 0. The van der Waals surface area contributed by atoms with Gasteiger partial charge in [0, 0.05) is 13.0 Å². The molecule has 1 aromatic carbocycles. The van der Waals surface area contributed by atoms with Crippen molar-refractivity contribution in [2.24, 2.45) is 0 Å². The lowest BCUT2D eigenvalue weighted by atomic mass is 10.2. The van der Waals surface area contributed by atoms with Gasteiger partial charge in [-0.2, -0.15) is 0 Å². The van der Waals surface area contributed by atoms with E-state index in [0.717, 1.165) is 5.56 Å². The Balaban J connectivity index is 1.83. The summed E-state index contributed by atoms with van der Waals surface area (Å²) < 4.78 is 29.0. The molecule has 1 aliphatic rings. The van der Waals surface area contributed by atoms with Crippen LogP contribution in [0.25, 0.3) is 0 Å². The molecule has 0 aromatic heterocycles. The second-order valence-electron chi connectivity index (χ2n) is 4.73. The monoisotopic (exact) mass is 298 g/mol. The number of halogens is 2. The van der Waals surface area contributed by atoms with Gasteiger partial charge < -0.3 is 15.4 Å². The summed E-state index contributed by atoms with van der Waals surface area (Å²) in [5.41, 5.74) is 0.736. The van der Waals surface area contributed by atoms with Crippen LogP contribution < -0.4 is 15.4 Å². The second kappa shape index (κ2) is 7.01. The number of nitrogens with one attached hydrogen (secondary N) is 2. The van der Waals surface area contributed by atoms with Gasteiger partial charge in [-0.1, -0.05) is 12.1 Å². The summed E-state index contributed by atoms with van der Waals surface area (Å²) in [5.74, 6) is -0.0477.